The van der Waals surface area contributed by atoms with Crippen LogP contribution in [-0.2, 0) is 4.79 Å². The zero-order valence-corrected chi connectivity index (χ0v) is 17.5. The largest absolute Gasteiger partial charge is 0.447 e. The molecule has 0 saturated carbocycles. The molecule has 1 atom stereocenters. The van der Waals surface area contributed by atoms with Gasteiger partial charge < -0.3 is 4.74 Å². The molecule has 0 unspecified atom stereocenters. The molecule has 0 spiro atoms. The molecule has 1 aliphatic heterocycles. The van der Waals surface area contributed by atoms with Crippen LogP contribution in [-0.4, -0.2) is 26.8 Å². The first-order valence-corrected chi connectivity index (χ1v) is 10.8. The topological polar surface area (TPSA) is 68.2 Å². The van der Waals surface area contributed by atoms with E-state index >= 15 is 0 Å². The summed E-state index contributed by atoms with van der Waals surface area (Å²) in [4.78, 5) is 19.4. The van der Waals surface area contributed by atoms with E-state index in [0.29, 0.717) is 40.8 Å². The molecule has 154 valence electrons. The van der Waals surface area contributed by atoms with Gasteiger partial charge in [0, 0.05) is 17.5 Å². The SMILES string of the molecule is CCCC(=O)N1c2ccccc2-c2nnc(SCC)nc2O[C@H]1c1ccc(F)cc1. The van der Waals surface area contributed by atoms with Crippen molar-refractivity contribution in [3.63, 3.8) is 0 Å². The van der Waals surface area contributed by atoms with Crippen molar-refractivity contribution < 1.29 is 13.9 Å². The van der Waals surface area contributed by atoms with Gasteiger partial charge in [0.15, 0.2) is 5.69 Å². The van der Waals surface area contributed by atoms with E-state index < -0.39 is 6.23 Å². The quantitative estimate of drug-likeness (QED) is 0.536. The maximum atomic E-state index is 13.6. The Balaban J connectivity index is 1.92. The van der Waals surface area contributed by atoms with Crippen LogP contribution < -0.4 is 9.64 Å². The van der Waals surface area contributed by atoms with Crippen molar-refractivity contribution in [3.05, 3.63) is 59.9 Å². The molecular weight excluding hydrogens is 403 g/mol. The summed E-state index contributed by atoms with van der Waals surface area (Å²) in [7, 11) is 0. The van der Waals surface area contributed by atoms with Crippen LogP contribution in [0.25, 0.3) is 11.3 Å². The summed E-state index contributed by atoms with van der Waals surface area (Å²) in [5, 5.41) is 9.07. The first kappa shape index (κ1) is 20.3. The minimum Gasteiger partial charge on any atom is -0.447 e. The number of hydrogen-bond acceptors (Lipinski definition) is 6. The van der Waals surface area contributed by atoms with E-state index in [-0.39, 0.29) is 11.7 Å². The second-order valence-electron chi connectivity index (χ2n) is 6.73. The van der Waals surface area contributed by atoms with Crippen LogP contribution in [0, 0.1) is 5.82 Å². The van der Waals surface area contributed by atoms with E-state index in [2.05, 4.69) is 15.2 Å². The molecule has 3 aromatic rings. The fraction of sp³-hybridized carbons (Fsp3) is 0.273. The molecule has 0 aliphatic carbocycles. The van der Waals surface area contributed by atoms with Gasteiger partial charge in [-0.05, 0) is 30.4 Å². The molecule has 1 amide bonds. The third-order valence-corrected chi connectivity index (χ3v) is 5.39. The summed E-state index contributed by atoms with van der Waals surface area (Å²) in [6.07, 6.45) is 0.237. The number of fused-ring (bicyclic) bond motifs is 3. The number of rotatable bonds is 5. The number of hydrogen-bond donors (Lipinski definition) is 0. The van der Waals surface area contributed by atoms with Gasteiger partial charge in [-0.2, -0.15) is 4.98 Å². The molecule has 1 aromatic heterocycles. The van der Waals surface area contributed by atoms with Crippen LogP contribution >= 0.6 is 11.8 Å². The summed E-state index contributed by atoms with van der Waals surface area (Å²) in [5.41, 5.74) is 2.50. The maximum absolute atomic E-state index is 13.6. The number of aromatic nitrogens is 3. The molecule has 0 bridgehead atoms. The van der Waals surface area contributed by atoms with Crippen LogP contribution in [0.1, 0.15) is 38.5 Å². The Labute approximate surface area is 178 Å². The van der Waals surface area contributed by atoms with Crippen molar-refractivity contribution in [3.8, 4) is 17.1 Å². The highest BCUT2D eigenvalue weighted by Crippen LogP contribution is 2.43. The Morgan fingerprint density at radius 3 is 2.63 bits per heavy atom. The normalized spacial score (nSPS) is 15.0. The molecule has 2 heterocycles. The van der Waals surface area contributed by atoms with Gasteiger partial charge in [-0.3, -0.25) is 9.69 Å². The number of carbonyl (C=O) groups excluding carboxylic acids is 1. The molecular formula is C22H21FN4O2S. The molecule has 8 heteroatoms. The highest BCUT2D eigenvalue weighted by Gasteiger charge is 2.35. The van der Waals surface area contributed by atoms with Gasteiger partial charge in [0.1, 0.15) is 5.82 Å². The molecule has 6 nitrogen and oxygen atoms in total. The fourth-order valence-corrected chi connectivity index (χ4v) is 3.86. The first-order valence-electron chi connectivity index (χ1n) is 9.83. The van der Waals surface area contributed by atoms with Gasteiger partial charge in [0.2, 0.25) is 23.2 Å². The number of ether oxygens (including phenoxy) is 1. The van der Waals surface area contributed by atoms with Crippen LogP contribution in [0.2, 0.25) is 0 Å². The van der Waals surface area contributed by atoms with E-state index in [1.807, 2.05) is 38.1 Å². The molecule has 30 heavy (non-hydrogen) atoms. The van der Waals surface area contributed by atoms with Crippen molar-refractivity contribution in [2.24, 2.45) is 0 Å². The Morgan fingerprint density at radius 1 is 1.13 bits per heavy atom. The number of para-hydroxylation sites is 1. The highest BCUT2D eigenvalue weighted by molar-refractivity contribution is 7.99. The van der Waals surface area contributed by atoms with Gasteiger partial charge in [0.25, 0.3) is 0 Å². The summed E-state index contributed by atoms with van der Waals surface area (Å²) < 4.78 is 19.9. The lowest BCUT2D eigenvalue weighted by molar-refractivity contribution is -0.120. The van der Waals surface area contributed by atoms with E-state index in [9.17, 15) is 9.18 Å². The standard InChI is InChI=1S/C22H21FN4O2S/c1-3-7-18(28)27-17-9-6-5-8-16(17)19-20(24-22(26-25-19)30-4-2)29-21(27)14-10-12-15(23)13-11-14/h5-6,8-13,21H,3-4,7H2,1-2H3/t21-/m0/s1. The van der Waals surface area contributed by atoms with Crippen molar-refractivity contribution in [2.75, 3.05) is 10.7 Å². The molecule has 0 N–H and O–H groups in total. The first-order chi connectivity index (χ1) is 14.6. The zero-order valence-electron chi connectivity index (χ0n) is 16.7. The van der Waals surface area contributed by atoms with Gasteiger partial charge in [-0.15, -0.1) is 10.2 Å². The fourth-order valence-electron chi connectivity index (χ4n) is 3.35. The smallest absolute Gasteiger partial charge is 0.247 e. The monoisotopic (exact) mass is 424 g/mol. The minimum atomic E-state index is -0.803. The van der Waals surface area contributed by atoms with E-state index in [0.717, 1.165) is 11.3 Å². The predicted octanol–water partition coefficient (Wildman–Crippen LogP) is 5.01. The number of anilines is 1. The minimum absolute atomic E-state index is 0.0943. The third-order valence-electron chi connectivity index (χ3n) is 4.67. The Hall–Kier alpha value is -3.00. The number of amides is 1. The summed E-state index contributed by atoms with van der Waals surface area (Å²) >= 11 is 1.46. The molecule has 0 saturated heterocycles. The second-order valence-corrected chi connectivity index (χ2v) is 7.96. The third kappa shape index (κ3) is 3.87. The Morgan fingerprint density at radius 2 is 1.90 bits per heavy atom. The van der Waals surface area contributed by atoms with Crippen LogP contribution in [0.5, 0.6) is 5.88 Å². The summed E-state index contributed by atoms with van der Waals surface area (Å²) in [6, 6.07) is 13.4. The number of carbonyl (C=O) groups is 1. The Bertz CT molecular complexity index is 1060. The number of nitrogens with zero attached hydrogens (tertiary/aromatic N) is 4. The summed E-state index contributed by atoms with van der Waals surface area (Å²) in [6.45, 7) is 3.95. The second kappa shape index (κ2) is 8.79. The van der Waals surface area contributed by atoms with E-state index in [1.165, 1.54) is 23.9 Å². The Kier molecular flexibility index (Phi) is 5.94. The van der Waals surface area contributed by atoms with E-state index in [4.69, 9.17) is 4.74 Å². The number of halogens is 1. The van der Waals surface area contributed by atoms with Crippen LogP contribution in [0.3, 0.4) is 0 Å². The highest BCUT2D eigenvalue weighted by atomic mass is 32.2. The van der Waals surface area contributed by atoms with Crippen molar-refractivity contribution >= 4 is 23.4 Å². The van der Waals surface area contributed by atoms with E-state index in [1.54, 1.807) is 17.0 Å². The van der Waals surface area contributed by atoms with Gasteiger partial charge in [0.05, 0.1) is 5.69 Å². The van der Waals surface area contributed by atoms with Crippen molar-refractivity contribution in [1.82, 2.24) is 15.2 Å². The molecule has 0 radical (unpaired) electrons. The van der Waals surface area contributed by atoms with Crippen LogP contribution in [0.4, 0.5) is 10.1 Å². The molecule has 4 rings (SSSR count). The zero-order chi connectivity index (χ0) is 21.1. The van der Waals surface area contributed by atoms with Gasteiger partial charge in [-0.1, -0.05) is 55.9 Å². The average Bonchev–Trinajstić information content (AvgIpc) is 2.89. The number of thioether (sulfide) groups is 1. The lowest BCUT2D eigenvalue weighted by Gasteiger charge is -2.30. The molecule has 0 fully saturated rings. The lowest BCUT2D eigenvalue weighted by Crippen LogP contribution is -2.37. The van der Waals surface area contributed by atoms with Crippen LogP contribution in [0.15, 0.2) is 53.7 Å². The van der Waals surface area contributed by atoms with Gasteiger partial charge >= 0.3 is 0 Å². The van der Waals surface area contributed by atoms with Gasteiger partial charge in [-0.25, -0.2) is 4.39 Å². The van der Waals surface area contributed by atoms with Crippen molar-refractivity contribution in [2.45, 2.75) is 38.1 Å². The molecule has 1 aliphatic rings. The predicted molar refractivity (Wildman–Crippen MR) is 114 cm³/mol. The lowest BCUT2D eigenvalue weighted by atomic mass is 10.1. The summed E-state index contributed by atoms with van der Waals surface area (Å²) in [5.74, 6) is 0.641. The average molecular weight is 425 g/mol. The molecule has 2 aromatic carbocycles. The maximum Gasteiger partial charge on any atom is 0.247 e. The number of benzene rings is 2. The van der Waals surface area contributed by atoms with Crippen molar-refractivity contribution in [1.29, 1.82) is 0 Å².